The lowest BCUT2D eigenvalue weighted by Gasteiger charge is -2.42. The van der Waals surface area contributed by atoms with Gasteiger partial charge in [-0.2, -0.15) is 0 Å². The van der Waals surface area contributed by atoms with Crippen LogP contribution in [-0.2, 0) is 10.8 Å². The Hall–Kier alpha value is -0.925. The van der Waals surface area contributed by atoms with Crippen molar-refractivity contribution >= 4 is 12.4 Å². The van der Waals surface area contributed by atoms with Gasteiger partial charge in [0.05, 0.1) is 0 Å². The van der Waals surface area contributed by atoms with Crippen LogP contribution in [-0.4, -0.2) is 6.98 Å². The van der Waals surface area contributed by atoms with Crippen LogP contribution in [0.2, 0.25) is 0 Å². The van der Waals surface area contributed by atoms with Gasteiger partial charge < -0.3 is 12.9 Å². The molecular weight excluding hydrogens is 236 g/mol. The molecule has 18 heavy (non-hydrogen) atoms. The van der Waals surface area contributed by atoms with Gasteiger partial charge in [-0.15, -0.1) is 5.46 Å². The fourth-order valence-electron chi connectivity index (χ4n) is 2.81. The third-order valence-electron chi connectivity index (χ3n) is 4.25. The summed E-state index contributed by atoms with van der Waals surface area (Å²) < 4.78 is 38.6. The molecule has 0 aliphatic heterocycles. The van der Waals surface area contributed by atoms with Gasteiger partial charge in [0.25, 0.3) is 0 Å². The molecule has 0 heterocycles. The highest BCUT2D eigenvalue weighted by Crippen LogP contribution is 2.45. The van der Waals surface area contributed by atoms with Crippen LogP contribution in [0, 0.1) is 0 Å². The molecule has 2 rings (SSSR count). The number of benzene rings is 1. The molecule has 1 aliphatic rings. The SMILES string of the molecule is CC1(C)CCC(C)(C)c2cc([B-](F)(F)F)ccc21. The second-order valence-electron chi connectivity index (χ2n) is 6.65. The quantitative estimate of drug-likeness (QED) is 0.663. The van der Waals surface area contributed by atoms with Gasteiger partial charge in [0, 0.05) is 0 Å². The predicted molar refractivity (Wildman–Crippen MR) is 70.4 cm³/mol. The van der Waals surface area contributed by atoms with Crippen LogP contribution in [0.1, 0.15) is 51.7 Å². The van der Waals surface area contributed by atoms with E-state index in [9.17, 15) is 12.9 Å². The standard InChI is InChI=1S/C14H19BF3/c1-13(2)7-8-14(3,4)12-9-10(15(16,17)18)5-6-11(12)13/h5-6,9H,7-8H2,1-4H3/q-1. The molecule has 0 spiro atoms. The molecule has 0 amide bonds. The molecule has 4 heteroatoms. The van der Waals surface area contributed by atoms with Gasteiger partial charge in [-0.3, -0.25) is 0 Å². The molecule has 1 aromatic carbocycles. The number of hydrogen-bond acceptors (Lipinski definition) is 0. The van der Waals surface area contributed by atoms with E-state index in [-0.39, 0.29) is 10.8 Å². The normalized spacial score (nSPS) is 21.5. The Labute approximate surface area is 107 Å². The first-order chi connectivity index (χ1) is 8.04. The van der Waals surface area contributed by atoms with Gasteiger partial charge in [-0.05, 0) is 34.8 Å². The van der Waals surface area contributed by atoms with Crippen LogP contribution in [0.5, 0.6) is 0 Å². The zero-order valence-electron chi connectivity index (χ0n) is 11.4. The highest BCUT2D eigenvalue weighted by Gasteiger charge is 2.38. The van der Waals surface area contributed by atoms with Crippen molar-refractivity contribution in [3.63, 3.8) is 0 Å². The van der Waals surface area contributed by atoms with Gasteiger partial charge >= 0.3 is 6.98 Å². The molecule has 100 valence electrons. The van der Waals surface area contributed by atoms with Crippen LogP contribution in [0.3, 0.4) is 0 Å². The number of fused-ring (bicyclic) bond motifs is 1. The monoisotopic (exact) mass is 255 g/mol. The molecule has 0 saturated carbocycles. The Morgan fingerprint density at radius 2 is 1.39 bits per heavy atom. The van der Waals surface area contributed by atoms with E-state index in [1.807, 2.05) is 13.8 Å². The van der Waals surface area contributed by atoms with Gasteiger partial charge in [0.1, 0.15) is 0 Å². The van der Waals surface area contributed by atoms with Crippen molar-refractivity contribution in [3.8, 4) is 0 Å². The Balaban J connectivity index is 2.63. The highest BCUT2D eigenvalue weighted by molar-refractivity contribution is 6.73. The summed E-state index contributed by atoms with van der Waals surface area (Å²) in [7, 11) is 0. The smallest absolute Gasteiger partial charge is 0.445 e. The van der Waals surface area contributed by atoms with E-state index in [2.05, 4.69) is 13.8 Å². The zero-order chi connectivity index (χ0) is 13.8. The van der Waals surface area contributed by atoms with Crippen molar-refractivity contribution in [2.75, 3.05) is 0 Å². The molecule has 0 atom stereocenters. The van der Waals surface area contributed by atoms with Crippen LogP contribution in [0.4, 0.5) is 12.9 Å². The second-order valence-corrected chi connectivity index (χ2v) is 6.65. The zero-order valence-corrected chi connectivity index (χ0v) is 11.4. The lowest BCUT2D eigenvalue weighted by molar-refractivity contribution is 0.332. The van der Waals surface area contributed by atoms with Crippen LogP contribution in [0.25, 0.3) is 0 Å². The lowest BCUT2D eigenvalue weighted by Crippen LogP contribution is -2.39. The minimum Gasteiger partial charge on any atom is -0.445 e. The van der Waals surface area contributed by atoms with Crippen LogP contribution in [0.15, 0.2) is 18.2 Å². The van der Waals surface area contributed by atoms with Gasteiger partial charge in [-0.25, -0.2) is 0 Å². The largest absolute Gasteiger partial charge is 0.509 e. The van der Waals surface area contributed by atoms with Crippen molar-refractivity contribution in [2.45, 2.75) is 51.4 Å². The topological polar surface area (TPSA) is 0 Å². The van der Waals surface area contributed by atoms with Gasteiger partial charge in [-0.1, -0.05) is 45.9 Å². The summed E-state index contributed by atoms with van der Waals surface area (Å²) in [6, 6.07) is 4.29. The summed E-state index contributed by atoms with van der Waals surface area (Å²) in [6.45, 7) is 3.39. The Bertz CT molecular complexity index is 472. The van der Waals surface area contributed by atoms with E-state index < -0.39 is 12.4 Å². The average molecular weight is 255 g/mol. The molecule has 0 N–H and O–H groups in total. The summed E-state index contributed by atoms with van der Waals surface area (Å²) in [5, 5.41) is 0. The summed E-state index contributed by atoms with van der Waals surface area (Å²) in [5.74, 6) is 0. The maximum absolute atomic E-state index is 12.9. The summed E-state index contributed by atoms with van der Waals surface area (Å²) in [5.41, 5.74) is 1.28. The Morgan fingerprint density at radius 1 is 0.889 bits per heavy atom. The van der Waals surface area contributed by atoms with Crippen LogP contribution >= 0.6 is 0 Å². The Morgan fingerprint density at radius 3 is 1.89 bits per heavy atom. The van der Waals surface area contributed by atoms with E-state index in [1.54, 1.807) is 6.07 Å². The Kier molecular flexibility index (Phi) is 2.84. The van der Waals surface area contributed by atoms with E-state index in [0.29, 0.717) is 0 Å². The first-order valence-corrected chi connectivity index (χ1v) is 6.39. The molecule has 1 aliphatic carbocycles. The van der Waals surface area contributed by atoms with E-state index in [4.69, 9.17) is 0 Å². The molecule has 0 radical (unpaired) electrons. The molecule has 0 aromatic heterocycles. The highest BCUT2D eigenvalue weighted by atomic mass is 19.4. The predicted octanol–water partition coefficient (Wildman–Crippen LogP) is 4.09. The maximum Gasteiger partial charge on any atom is 0.509 e. The minimum absolute atomic E-state index is 0.0258. The van der Waals surface area contributed by atoms with E-state index >= 15 is 0 Å². The minimum atomic E-state index is -4.91. The van der Waals surface area contributed by atoms with Gasteiger partial charge in [0.15, 0.2) is 0 Å². The van der Waals surface area contributed by atoms with Gasteiger partial charge in [0.2, 0.25) is 0 Å². The molecule has 0 saturated heterocycles. The maximum atomic E-state index is 12.9. The molecule has 1 aromatic rings. The first kappa shape index (κ1) is 13.5. The van der Waals surface area contributed by atoms with Crippen molar-refractivity contribution in [1.82, 2.24) is 0 Å². The molecule has 0 nitrogen and oxygen atoms in total. The number of rotatable bonds is 1. The molecule has 0 unspecified atom stereocenters. The molecule has 0 bridgehead atoms. The number of halogens is 3. The summed E-state index contributed by atoms with van der Waals surface area (Å²) in [4.78, 5) is 0. The lowest BCUT2D eigenvalue weighted by atomic mass is 9.61. The van der Waals surface area contributed by atoms with Crippen molar-refractivity contribution in [1.29, 1.82) is 0 Å². The van der Waals surface area contributed by atoms with Crippen molar-refractivity contribution in [3.05, 3.63) is 29.3 Å². The third kappa shape index (κ3) is 2.17. The van der Waals surface area contributed by atoms with Crippen molar-refractivity contribution in [2.24, 2.45) is 0 Å². The second kappa shape index (κ2) is 3.78. The van der Waals surface area contributed by atoms with E-state index in [1.165, 1.54) is 12.1 Å². The number of hydrogen-bond donors (Lipinski definition) is 0. The summed E-state index contributed by atoms with van der Waals surface area (Å²) >= 11 is 0. The van der Waals surface area contributed by atoms with Crippen LogP contribution < -0.4 is 5.46 Å². The fourth-order valence-corrected chi connectivity index (χ4v) is 2.81. The van der Waals surface area contributed by atoms with Crippen molar-refractivity contribution < 1.29 is 12.9 Å². The molecular formula is C14H19BF3-. The average Bonchev–Trinajstić information content (AvgIpc) is 2.23. The van der Waals surface area contributed by atoms with E-state index in [0.717, 1.165) is 24.0 Å². The third-order valence-corrected chi connectivity index (χ3v) is 4.25. The summed E-state index contributed by atoms with van der Waals surface area (Å²) in [6.07, 6.45) is 1.95. The fraction of sp³-hybridized carbons (Fsp3) is 0.571. The first-order valence-electron chi connectivity index (χ1n) is 6.39. The molecule has 0 fully saturated rings.